The Morgan fingerprint density at radius 2 is 1.94 bits per heavy atom. The minimum absolute atomic E-state index is 0.297. The van der Waals surface area contributed by atoms with Gasteiger partial charge in [0.2, 0.25) is 0 Å². The lowest BCUT2D eigenvalue weighted by Gasteiger charge is -2.09. The van der Waals surface area contributed by atoms with Crippen molar-refractivity contribution in [3.8, 4) is 0 Å². The van der Waals surface area contributed by atoms with Gasteiger partial charge in [-0.3, -0.25) is 0 Å². The van der Waals surface area contributed by atoms with E-state index in [1.807, 2.05) is 0 Å². The van der Waals surface area contributed by atoms with Crippen LogP contribution in [0.3, 0.4) is 0 Å². The fourth-order valence-electron chi connectivity index (χ4n) is 1.68. The molecular formula is C14H15BrOS. The van der Waals surface area contributed by atoms with Crippen LogP contribution in [0.5, 0.6) is 0 Å². The predicted molar refractivity (Wildman–Crippen MR) is 77.1 cm³/mol. The quantitative estimate of drug-likeness (QED) is 0.743. The summed E-state index contributed by atoms with van der Waals surface area (Å²) in [6.45, 7) is 0.779. The lowest BCUT2D eigenvalue weighted by Crippen LogP contribution is -1.95. The summed E-state index contributed by atoms with van der Waals surface area (Å²) in [5.41, 5.74) is 3.94. The molecule has 90 valence electrons. The first-order chi connectivity index (χ1) is 8.31. The van der Waals surface area contributed by atoms with Crippen molar-refractivity contribution >= 4 is 27.3 Å². The van der Waals surface area contributed by atoms with Crippen molar-refractivity contribution in [3.05, 3.63) is 57.8 Å². The zero-order valence-electron chi connectivity index (χ0n) is 9.73. The Hall–Kier alpha value is -0.640. The van der Waals surface area contributed by atoms with E-state index < -0.39 is 0 Å². The predicted octanol–water partition coefficient (Wildman–Crippen LogP) is 4.42. The molecule has 0 saturated heterocycles. The van der Waals surface area contributed by atoms with Crippen LogP contribution in [0.1, 0.15) is 21.5 Å². The fraction of sp³-hybridized carbons (Fsp3) is 0.286. The van der Waals surface area contributed by atoms with Crippen molar-refractivity contribution in [2.75, 3.05) is 13.7 Å². The SMILES string of the molecule is COCCc1ccc(C(Br)c2ccsc2)cc1. The standard InChI is InChI=1S/C14H15BrOS/c1-16-8-6-11-2-4-12(5-3-11)14(15)13-7-9-17-10-13/h2-5,7,9-10,14H,6,8H2,1H3. The highest BCUT2D eigenvalue weighted by atomic mass is 79.9. The highest BCUT2D eigenvalue weighted by Crippen LogP contribution is 2.31. The summed E-state index contributed by atoms with van der Waals surface area (Å²) in [5.74, 6) is 0. The van der Waals surface area contributed by atoms with E-state index in [0.717, 1.165) is 13.0 Å². The minimum atomic E-state index is 0.297. The molecule has 0 radical (unpaired) electrons. The molecule has 0 saturated carbocycles. The first-order valence-corrected chi connectivity index (χ1v) is 7.41. The topological polar surface area (TPSA) is 9.23 Å². The number of hydrogen-bond acceptors (Lipinski definition) is 2. The third kappa shape index (κ3) is 3.41. The molecule has 2 rings (SSSR count). The summed E-state index contributed by atoms with van der Waals surface area (Å²) in [6.07, 6.45) is 0.974. The molecule has 0 amide bonds. The molecule has 0 bridgehead atoms. The number of halogens is 1. The van der Waals surface area contributed by atoms with E-state index >= 15 is 0 Å². The molecule has 1 atom stereocenters. The molecule has 1 heterocycles. The van der Waals surface area contributed by atoms with Gasteiger partial charge in [0.05, 0.1) is 11.4 Å². The average Bonchev–Trinajstić information content (AvgIpc) is 2.90. The summed E-state index contributed by atoms with van der Waals surface area (Å²) in [7, 11) is 1.74. The van der Waals surface area contributed by atoms with Gasteiger partial charge in [0.15, 0.2) is 0 Å². The third-order valence-electron chi connectivity index (χ3n) is 2.70. The second kappa shape index (κ2) is 6.34. The molecule has 0 aliphatic heterocycles. The molecule has 3 heteroatoms. The first kappa shape index (κ1) is 12.8. The van der Waals surface area contributed by atoms with E-state index in [1.54, 1.807) is 18.4 Å². The Morgan fingerprint density at radius 3 is 2.53 bits per heavy atom. The van der Waals surface area contributed by atoms with Crippen LogP contribution in [-0.2, 0) is 11.2 Å². The van der Waals surface area contributed by atoms with Crippen LogP contribution in [0.2, 0.25) is 0 Å². The number of hydrogen-bond donors (Lipinski definition) is 0. The number of methoxy groups -OCH3 is 1. The van der Waals surface area contributed by atoms with Crippen molar-refractivity contribution < 1.29 is 4.74 Å². The maximum Gasteiger partial charge on any atom is 0.0652 e. The van der Waals surface area contributed by atoms with Gasteiger partial charge in [0.25, 0.3) is 0 Å². The zero-order valence-corrected chi connectivity index (χ0v) is 12.1. The van der Waals surface area contributed by atoms with Gasteiger partial charge in [-0.15, -0.1) is 0 Å². The average molecular weight is 311 g/mol. The van der Waals surface area contributed by atoms with Crippen LogP contribution in [-0.4, -0.2) is 13.7 Å². The van der Waals surface area contributed by atoms with Gasteiger partial charge in [-0.25, -0.2) is 0 Å². The van der Waals surface area contributed by atoms with E-state index in [-0.39, 0.29) is 0 Å². The van der Waals surface area contributed by atoms with E-state index in [1.165, 1.54) is 16.7 Å². The molecule has 1 aromatic heterocycles. The third-order valence-corrected chi connectivity index (χ3v) is 4.46. The largest absolute Gasteiger partial charge is 0.384 e. The van der Waals surface area contributed by atoms with Gasteiger partial charge in [-0.1, -0.05) is 40.2 Å². The Morgan fingerprint density at radius 1 is 1.18 bits per heavy atom. The number of ether oxygens (including phenoxy) is 1. The second-order valence-electron chi connectivity index (χ2n) is 3.90. The summed E-state index contributed by atoms with van der Waals surface area (Å²) in [5, 5.41) is 4.29. The number of alkyl halides is 1. The smallest absolute Gasteiger partial charge is 0.0652 e. The van der Waals surface area contributed by atoms with E-state index in [4.69, 9.17) is 4.74 Å². The Balaban J connectivity index is 2.07. The molecule has 1 unspecified atom stereocenters. The second-order valence-corrected chi connectivity index (χ2v) is 5.60. The van der Waals surface area contributed by atoms with Crippen LogP contribution in [0, 0.1) is 0 Å². The Labute approximate surface area is 115 Å². The molecule has 0 spiro atoms. The molecule has 0 aliphatic rings. The molecule has 0 N–H and O–H groups in total. The number of rotatable bonds is 5. The molecule has 1 nitrogen and oxygen atoms in total. The van der Waals surface area contributed by atoms with Crippen molar-refractivity contribution in [1.29, 1.82) is 0 Å². The first-order valence-electron chi connectivity index (χ1n) is 5.55. The van der Waals surface area contributed by atoms with Crippen molar-refractivity contribution in [2.45, 2.75) is 11.2 Å². The van der Waals surface area contributed by atoms with Crippen LogP contribution >= 0.6 is 27.3 Å². The van der Waals surface area contributed by atoms with Gasteiger partial charge in [-0.2, -0.15) is 11.3 Å². The lowest BCUT2D eigenvalue weighted by molar-refractivity contribution is 0.202. The monoisotopic (exact) mass is 310 g/mol. The van der Waals surface area contributed by atoms with E-state index in [2.05, 4.69) is 57.0 Å². The summed E-state index contributed by atoms with van der Waals surface area (Å²) >= 11 is 5.46. The summed E-state index contributed by atoms with van der Waals surface area (Å²) < 4.78 is 5.07. The van der Waals surface area contributed by atoms with Crippen molar-refractivity contribution in [1.82, 2.24) is 0 Å². The summed E-state index contributed by atoms with van der Waals surface area (Å²) in [4.78, 5) is 0.297. The zero-order chi connectivity index (χ0) is 12.1. The molecule has 0 aliphatic carbocycles. The number of benzene rings is 1. The van der Waals surface area contributed by atoms with E-state index in [9.17, 15) is 0 Å². The molecule has 2 aromatic rings. The molecular weight excluding hydrogens is 296 g/mol. The minimum Gasteiger partial charge on any atom is -0.384 e. The van der Waals surface area contributed by atoms with Crippen LogP contribution in [0.4, 0.5) is 0 Å². The molecule has 17 heavy (non-hydrogen) atoms. The highest BCUT2D eigenvalue weighted by Gasteiger charge is 2.10. The van der Waals surface area contributed by atoms with Gasteiger partial charge in [0.1, 0.15) is 0 Å². The van der Waals surface area contributed by atoms with Gasteiger partial charge in [-0.05, 0) is 39.9 Å². The van der Waals surface area contributed by atoms with Crippen LogP contribution in [0.15, 0.2) is 41.1 Å². The Bertz CT molecular complexity index is 436. The maximum absolute atomic E-state index is 5.07. The lowest BCUT2D eigenvalue weighted by atomic mass is 10.0. The molecule has 0 fully saturated rings. The molecule has 1 aromatic carbocycles. The van der Waals surface area contributed by atoms with Gasteiger partial charge >= 0.3 is 0 Å². The van der Waals surface area contributed by atoms with Gasteiger partial charge in [0, 0.05) is 7.11 Å². The summed E-state index contributed by atoms with van der Waals surface area (Å²) in [6, 6.07) is 10.9. The van der Waals surface area contributed by atoms with Crippen LogP contribution in [0.25, 0.3) is 0 Å². The van der Waals surface area contributed by atoms with Crippen LogP contribution < -0.4 is 0 Å². The van der Waals surface area contributed by atoms with E-state index in [0.29, 0.717) is 4.83 Å². The fourth-order valence-corrected chi connectivity index (χ4v) is 3.14. The van der Waals surface area contributed by atoms with Gasteiger partial charge < -0.3 is 4.74 Å². The normalized spacial score (nSPS) is 12.6. The van der Waals surface area contributed by atoms with Crippen molar-refractivity contribution in [3.63, 3.8) is 0 Å². The van der Waals surface area contributed by atoms with Crippen molar-refractivity contribution in [2.24, 2.45) is 0 Å². The highest BCUT2D eigenvalue weighted by molar-refractivity contribution is 9.09. The Kier molecular flexibility index (Phi) is 4.77. The number of thiophene rings is 1. The maximum atomic E-state index is 5.07.